The molecule has 0 unspecified atom stereocenters. The van der Waals surface area contributed by atoms with Gasteiger partial charge < -0.3 is 5.32 Å². The van der Waals surface area contributed by atoms with E-state index in [-0.39, 0.29) is 4.90 Å². The van der Waals surface area contributed by atoms with Crippen LogP contribution >= 0.6 is 0 Å². The number of sulfonamides is 1. The highest BCUT2D eigenvalue weighted by molar-refractivity contribution is 7.90. The van der Waals surface area contributed by atoms with E-state index < -0.39 is 16.1 Å². The van der Waals surface area contributed by atoms with Crippen LogP contribution in [0.2, 0.25) is 0 Å². The quantitative estimate of drug-likeness (QED) is 0.855. The third kappa shape index (κ3) is 4.07. The van der Waals surface area contributed by atoms with Crippen LogP contribution in [0.3, 0.4) is 0 Å². The average Bonchev–Trinajstić information content (AvgIpc) is 2.26. The maximum Gasteiger partial charge on any atom is 0.328 e. The highest BCUT2D eigenvalue weighted by Crippen LogP contribution is 2.09. The normalized spacial score (nSPS) is 10.9. The van der Waals surface area contributed by atoms with Gasteiger partial charge in [0.25, 0.3) is 10.0 Å². The molecule has 0 fully saturated rings. The number of urea groups is 1. The summed E-state index contributed by atoms with van der Waals surface area (Å²) < 4.78 is 25.4. The summed E-state index contributed by atoms with van der Waals surface area (Å²) in [6.07, 6.45) is 0.748. The fourth-order valence-corrected chi connectivity index (χ4v) is 2.10. The number of nitrogens with one attached hydrogen (secondary N) is 2. The van der Waals surface area contributed by atoms with Gasteiger partial charge in [0.15, 0.2) is 0 Å². The highest BCUT2D eigenvalue weighted by Gasteiger charge is 2.16. The fourth-order valence-electron chi connectivity index (χ4n) is 1.17. The highest BCUT2D eigenvalue weighted by atomic mass is 32.2. The Balaban J connectivity index is 2.75. The SMILES string of the molecule is CCCNC(=O)NS(=O)(=O)c1ccc(C)cc1. The smallest absolute Gasteiger partial charge is 0.328 e. The van der Waals surface area contributed by atoms with Crippen molar-refractivity contribution in [1.29, 1.82) is 0 Å². The summed E-state index contributed by atoms with van der Waals surface area (Å²) in [5.41, 5.74) is 0.958. The fraction of sp³-hybridized carbons (Fsp3) is 0.364. The molecule has 0 saturated carbocycles. The van der Waals surface area contributed by atoms with Crippen molar-refractivity contribution >= 4 is 16.1 Å². The number of amides is 2. The van der Waals surface area contributed by atoms with Gasteiger partial charge in [0.05, 0.1) is 4.90 Å². The maximum absolute atomic E-state index is 11.7. The van der Waals surface area contributed by atoms with Crippen LogP contribution in [-0.4, -0.2) is 21.0 Å². The lowest BCUT2D eigenvalue weighted by Crippen LogP contribution is -2.39. The van der Waals surface area contributed by atoms with E-state index in [4.69, 9.17) is 0 Å². The number of aryl methyl sites for hydroxylation is 1. The van der Waals surface area contributed by atoms with Gasteiger partial charge in [0.2, 0.25) is 0 Å². The summed E-state index contributed by atoms with van der Waals surface area (Å²) in [5.74, 6) is 0. The summed E-state index contributed by atoms with van der Waals surface area (Å²) in [6, 6.07) is 5.58. The second-order valence-corrected chi connectivity index (χ2v) is 5.36. The minimum atomic E-state index is -3.77. The van der Waals surface area contributed by atoms with Crippen LogP contribution in [0, 0.1) is 6.92 Å². The summed E-state index contributed by atoms with van der Waals surface area (Å²) >= 11 is 0. The number of hydrogen-bond acceptors (Lipinski definition) is 3. The van der Waals surface area contributed by atoms with Crippen molar-refractivity contribution in [2.45, 2.75) is 25.2 Å². The van der Waals surface area contributed by atoms with Crippen molar-refractivity contribution in [2.75, 3.05) is 6.54 Å². The zero-order valence-corrected chi connectivity index (χ0v) is 10.7. The van der Waals surface area contributed by atoms with Crippen molar-refractivity contribution in [3.8, 4) is 0 Å². The van der Waals surface area contributed by atoms with E-state index in [9.17, 15) is 13.2 Å². The number of carbonyl (C=O) groups excluding carboxylic acids is 1. The van der Waals surface area contributed by atoms with E-state index in [2.05, 4.69) is 5.32 Å². The van der Waals surface area contributed by atoms with Crippen LogP contribution in [0.5, 0.6) is 0 Å². The Hall–Kier alpha value is -1.56. The van der Waals surface area contributed by atoms with Crippen molar-refractivity contribution in [2.24, 2.45) is 0 Å². The molecule has 2 N–H and O–H groups in total. The number of rotatable bonds is 4. The van der Waals surface area contributed by atoms with Gasteiger partial charge >= 0.3 is 6.03 Å². The summed E-state index contributed by atoms with van der Waals surface area (Å²) in [4.78, 5) is 11.3. The second kappa shape index (κ2) is 5.67. The molecule has 6 heteroatoms. The van der Waals surface area contributed by atoms with Crippen LogP contribution in [0.4, 0.5) is 4.79 Å². The minimum absolute atomic E-state index is 0.0785. The maximum atomic E-state index is 11.7. The van der Waals surface area contributed by atoms with Crippen LogP contribution in [-0.2, 0) is 10.0 Å². The predicted molar refractivity (Wildman–Crippen MR) is 65.2 cm³/mol. The standard InChI is InChI=1S/C11H16N2O3S/c1-3-8-12-11(14)13-17(15,16)10-6-4-9(2)5-7-10/h4-7H,3,8H2,1-2H3,(H2,12,13,14). The van der Waals surface area contributed by atoms with E-state index >= 15 is 0 Å². The Morgan fingerprint density at radius 3 is 2.35 bits per heavy atom. The topological polar surface area (TPSA) is 75.3 Å². The molecule has 0 atom stereocenters. The average molecular weight is 256 g/mol. The van der Waals surface area contributed by atoms with Gasteiger partial charge in [-0.3, -0.25) is 0 Å². The molecule has 0 radical (unpaired) electrons. The molecule has 2 amide bonds. The number of carbonyl (C=O) groups is 1. The summed E-state index contributed by atoms with van der Waals surface area (Å²) in [6.45, 7) is 4.18. The lowest BCUT2D eigenvalue weighted by atomic mass is 10.2. The van der Waals surface area contributed by atoms with Crippen LogP contribution in [0.25, 0.3) is 0 Å². The summed E-state index contributed by atoms with van der Waals surface area (Å²) in [5, 5.41) is 2.44. The van der Waals surface area contributed by atoms with Gasteiger partial charge in [-0.2, -0.15) is 0 Å². The molecule has 94 valence electrons. The first kappa shape index (κ1) is 13.5. The Bertz CT molecular complexity index is 480. The molecule has 1 aromatic carbocycles. The molecular weight excluding hydrogens is 240 g/mol. The van der Waals surface area contributed by atoms with Crippen LogP contribution < -0.4 is 10.0 Å². The third-order valence-corrected chi connectivity index (χ3v) is 3.44. The number of hydrogen-bond donors (Lipinski definition) is 2. The van der Waals surface area contributed by atoms with E-state index in [0.717, 1.165) is 12.0 Å². The van der Waals surface area contributed by atoms with Crippen LogP contribution in [0.1, 0.15) is 18.9 Å². The molecule has 0 aliphatic rings. The molecule has 17 heavy (non-hydrogen) atoms. The second-order valence-electron chi connectivity index (χ2n) is 3.67. The first-order chi connectivity index (χ1) is 7.95. The Labute approximate surface area is 101 Å². The van der Waals surface area contributed by atoms with Gasteiger partial charge in [-0.05, 0) is 25.5 Å². The molecule has 0 spiro atoms. The van der Waals surface area contributed by atoms with Crippen molar-refractivity contribution in [3.63, 3.8) is 0 Å². The molecule has 1 aromatic rings. The number of benzene rings is 1. The summed E-state index contributed by atoms with van der Waals surface area (Å²) in [7, 11) is -3.77. The molecular formula is C11H16N2O3S. The van der Waals surface area contributed by atoms with Gasteiger partial charge in [-0.25, -0.2) is 17.9 Å². The molecule has 0 aromatic heterocycles. The van der Waals surface area contributed by atoms with Crippen molar-refractivity contribution < 1.29 is 13.2 Å². The van der Waals surface area contributed by atoms with Crippen LogP contribution in [0.15, 0.2) is 29.2 Å². The lowest BCUT2D eigenvalue weighted by molar-refractivity contribution is 0.246. The monoisotopic (exact) mass is 256 g/mol. The first-order valence-corrected chi connectivity index (χ1v) is 6.81. The predicted octanol–water partition coefficient (Wildman–Crippen LogP) is 1.39. The Kier molecular flexibility index (Phi) is 4.51. The van der Waals surface area contributed by atoms with Gasteiger partial charge in [-0.1, -0.05) is 24.6 Å². The van der Waals surface area contributed by atoms with E-state index in [1.807, 2.05) is 18.6 Å². The Morgan fingerprint density at radius 2 is 1.82 bits per heavy atom. The van der Waals surface area contributed by atoms with Gasteiger partial charge in [0.1, 0.15) is 0 Å². The largest absolute Gasteiger partial charge is 0.337 e. The van der Waals surface area contributed by atoms with E-state index in [1.54, 1.807) is 12.1 Å². The molecule has 0 bridgehead atoms. The van der Waals surface area contributed by atoms with Crippen molar-refractivity contribution in [3.05, 3.63) is 29.8 Å². The zero-order chi connectivity index (χ0) is 12.9. The molecule has 0 heterocycles. The lowest BCUT2D eigenvalue weighted by Gasteiger charge is -2.07. The van der Waals surface area contributed by atoms with Crippen molar-refractivity contribution in [1.82, 2.24) is 10.0 Å². The van der Waals surface area contributed by atoms with E-state index in [1.165, 1.54) is 12.1 Å². The molecule has 0 saturated heterocycles. The Morgan fingerprint density at radius 1 is 1.24 bits per heavy atom. The molecule has 0 aliphatic heterocycles. The van der Waals surface area contributed by atoms with Gasteiger partial charge in [0, 0.05) is 6.54 Å². The zero-order valence-electron chi connectivity index (χ0n) is 9.86. The molecule has 1 rings (SSSR count). The molecule has 0 aliphatic carbocycles. The van der Waals surface area contributed by atoms with Gasteiger partial charge in [-0.15, -0.1) is 0 Å². The first-order valence-electron chi connectivity index (χ1n) is 5.33. The minimum Gasteiger partial charge on any atom is -0.337 e. The van der Waals surface area contributed by atoms with E-state index in [0.29, 0.717) is 6.54 Å². The molecule has 5 nitrogen and oxygen atoms in total. The third-order valence-electron chi connectivity index (χ3n) is 2.09.